The number of amides is 2. The molecule has 136 valence electrons. The third-order valence-electron chi connectivity index (χ3n) is 4.69. The molecule has 5 nitrogen and oxygen atoms in total. The fourth-order valence-electron chi connectivity index (χ4n) is 3.43. The highest BCUT2D eigenvalue weighted by Gasteiger charge is 2.32. The van der Waals surface area contributed by atoms with Crippen LogP contribution in [-0.2, 0) is 11.3 Å². The predicted molar refractivity (Wildman–Crippen MR) is 91.7 cm³/mol. The van der Waals surface area contributed by atoms with Gasteiger partial charge in [-0.05, 0) is 63.3 Å². The van der Waals surface area contributed by atoms with E-state index < -0.39 is 5.60 Å². The smallest absolute Gasteiger partial charge is 0.410 e. The van der Waals surface area contributed by atoms with Gasteiger partial charge in [-0.25, -0.2) is 9.18 Å². The maximum atomic E-state index is 13.3. The van der Waals surface area contributed by atoms with E-state index in [2.05, 4.69) is 0 Å². The van der Waals surface area contributed by atoms with Gasteiger partial charge in [0, 0.05) is 31.7 Å². The monoisotopic (exact) mass is 348 g/mol. The Labute approximate surface area is 147 Å². The maximum absolute atomic E-state index is 13.3. The van der Waals surface area contributed by atoms with E-state index in [1.807, 2.05) is 20.8 Å². The number of ether oxygens (including phenoxy) is 1. The van der Waals surface area contributed by atoms with Gasteiger partial charge in [-0.1, -0.05) is 0 Å². The molecule has 2 heterocycles. The summed E-state index contributed by atoms with van der Waals surface area (Å²) in [6.45, 7) is 7.98. The zero-order chi connectivity index (χ0) is 18.2. The number of benzene rings is 1. The van der Waals surface area contributed by atoms with E-state index >= 15 is 0 Å². The molecule has 1 aromatic carbocycles. The summed E-state index contributed by atoms with van der Waals surface area (Å²) in [5.41, 5.74) is 0.875. The van der Waals surface area contributed by atoms with Crippen LogP contribution >= 0.6 is 0 Å². The fraction of sp³-hybridized carbons (Fsp3) is 0.579. The van der Waals surface area contributed by atoms with Gasteiger partial charge in [-0.3, -0.25) is 4.79 Å². The van der Waals surface area contributed by atoms with E-state index in [1.165, 1.54) is 12.1 Å². The highest BCUT2D eigenvalue weighted by molar-refractivity contribution is 5.98. The second kappa shape index (κ2) is 6.65. The molecule has 0 aliphatic carbocycles. The van der Waals surface area contributed by atoms with E-state index in [-0.39, 0.29) is 17.8 Å². The summed E-state index contributed by atoms with van der Waals surface area (Å²) in [5.74, 6) is 0.0189. The molecule has 1 fully saturated rings. The Morgan fingerprint density at radius 3 is 2.60 bits per heavy atom. The lowest BCUT2D eigenvalue weighted by atomic mass is 9.96. The molecule has 25 heavy (non-hydrogen) atoms. The molecule has 3 rings (SSSR count). The Hall–Kier alpha value is -2.11. The van der Waals surface area contributed by atoms with Crippen molar-refractivity contribution in [1.82, 2.24) is 9.80 Å². The first kappa shape index (κ1) is 17.7. The number of carbonyl (C=O) groups is 2. The van der Waals surface area contributed by atoms with Gasteiger partial charge in [0.2, 0.25) is 0 Å². The minimum absolute atomic E-state index is 0.0235. The van der Waals surface area contributed by atoms with Crippen molar-refractivity contribution in [1.29, 1.82) is 0 Å². The van der Waals surface area contributed by atoms with Crippen LogP contribution in [0, 0.1) is 11.7 Å². The molecule has 0 spiro atoms. The molecule has 0 unspecified atom stereocenters. The van der Waals surface area contributed by atoms with E-state index in [4.69, 9.17) is 4.74 Å². The van der Waals surface area contributed by atoms with E-state index in [0.717, 1.165) is 18.4 Å². The minimum Gasteiger partial charge on any atom is -0.444 e. The van der Waals surface area contributed by atoms with Crippen molar-refractivity contribution < 1.29 is 18.7 Å². The van der Waals surface area contributed by atoms with Gasteiger partial charge in [0.15, 0.2) is 0 Å². The molecular weight excluding hydrogens is 323 g/mol. The quantitative estimate of drug-likeness (QED) is 0.823. The van der Waals surface area contributed by atoms with Gasteiger partial charge in [0.1, 0.15) is 11.4 Å². The number of rotatable bonds is 2. The first-order chi connectivity index (χ1) is 11.7. The van der Waals surface area contributed by atoms with Crippen LogP contribution in [0.15, 0.2) is 18.2 Å². The third kappa shape index (κ3) is 4.11. The predicted octanol–water partition coefficient (Wildman–Crippen LogP) is 3.43. The molecule has 1 saturated heterocycles. The zero-order valence-electron chi connectivity index (χ0n) is 15.0. The lowest BCUT2D eigenvalue weighted by Crippen LogP contribution is -2.43. The van der Waals surface area contributed by atoms with Gasteiger partial charge in [0.05, 0.1) is 0 Å². The Morgan fingerprint density at radius 1 is 1.28 bits per heavy atom. The molecule has 2 aliphatic heterocycles. The Balaban J connectivity index is 1.52. The minimum atomic E-state index is -0.489. The number of likely N-dealkylation sites (tertiary alicyclic amines) is 1. The Kier molecular flexibility index (Phi) is 4.71. The van der Waals surface area contributed by atoms with Crippen LogP contribution in [-0.4, -0.2) is 47.0 Å². The zero-order valence-corrected chi connectivity index (χ0v) is 15.0. The van der Waals surface area contributed by atoms with Gasteiger partial charge in [0.25, 0.3) is 5.91 Å². The molecule has 1 aromatic rings. The van der Waals surface area contributed by atoms with Crippen LogP contribution in [0.3, 0.4) is 0 Å². The Morgan fingerprint density at radius 2 is 1.96 bits per heavy atom. The average Bonchev–Trinajstić information content (AvgIpc) is 2.82. The highest BCUT2D eigenvalue weighted by Crippen LogP contribution is 2.27. The number of piperidine rings is 1. The van der Waals surface area contributed by atoms with Crippen LogP contribution < -0.4 is 0 Å². The van der Waals surface area contributed by atoms with Crippen LogP contribution in [0.4, 0.5) is 9.18 Å². The normalized spacial score (nSPS) is 18.5. The second-order valence-electron chi connectivity index (χ2n) is 7.90. The van der Waals surface area contributed by atoms with Crippen molar-refractivity contribution in [2.75, 3.05) is 19.6 Å². The molecule has 0 bridgehead atoms. The van der Waals surface area contributed by atoms with Crippen molar-refractivity contribution in [3.63, 3.8) is 0 Å². The van der Waals surface area contributed by atoms with Crippen molar-refractivity contribution >= 4 is 12.0 Å². The molecule has 2 aliphatic rings. The van der Waals surface area contributed by atoms with Crippen molar-refractivity contribution in [3.8, 4) is 0 Å². The number of carbonyl (C=O) groups excluding carboxylic acids is 2. The molecular formula is C19H25FN2O3. The molecule has 0 saturated carbocycles. The molecule has 0 aromatic heterocycles. The summed E-state index contributed by atoms with van der Waals surface area (Å²) in [7, 11) is 0. The first-order valence-electron chi connectivity index (χ1n) is 8.78. The van der Waals surface area contributed by atoms with Gasteiger partial charge in [-0.2, -0.15) is 0 Å². The maximum Gasteiger partial charge on any atom is 0.410 e. The van der Waals surface area contributed by atoms with Crippen LogP contribution in [0.1, 0.15) is 49.5 Å². The number of hydrogen-bond donors (Lipinski definition) is 0. The first-order valence-corrected chi connectivity index (χ1v) is 8.78. The van der Waals surface area contributed by atoms with Crippen molar-refractivity contribution in [3.05, 3.63) is 35.1 Å². The Bertz CT molecular complexity index is 676. The fourth-order valence-corrected chi connectivity index (χ4v) is 3.43. The molecule has 0 radical (unpaired) electrons. The summed E-state index contributed by atoms with van der Waals surface area (Å²) in [4.78, 5) is 28.1. The van der Waals surface area contributed by atoms with Gasteiger partial charge in [-0.15, -0.1) is 0 Å². The summed E-state index contributed by atoms with van der Waals surface area (Å²) < 4.78 is 18.7. The van der Waals surface area contributed by atoms with Crippen molar-refractivity contribution in [2.45, 2.75) is 45.8 Å². The summed E-state index contributed by atoms with van der Waals surface area (Å²) >= 11 is 0. The second-order valence-corrected chi connectivity index (χ2v) is 7.90. The molecule has 0 atom stereocenters. The number of fused-ring (bicyclic) bond motifs is 1. The van der Waals surface area contributed by atoms with E-state index in [1.54, 1.807) is 15.9 Å². The van der Waals surface area contributed by atoms with E-state index in [0.29, 0.717) is 37.7 Å². The van der Waals surface area contributed by atoms with Crippen LogP contribution in [0.25, 0.3) is 0 Å². The lowest BCUT2D eigenvalue weighted by molar-refractivity contribution is 0.0167. The summed E-state index contributed by atoms with van der Waals surface area (Å²) in [5, 5.41) is 0. The van der Waals surface area contributed by atoms with Gasteiger partial charge < -0.3 is 14.5 Å². The van der Waals surface area contributed by atoms with Crippen LogP contribution in [0.5, 0.6) is 0 Å². The lowest BCUT2D eigenvalue weighted by Gasteiger charge is -2.34. The summed E-state index contributed by atoms with van der Waals surface area (Å²) in [6, 6.07) is 4.34. The topological polar surface area (TPSA) is 49.9 Å². The number of halogens is 1. The SMILES string of the molecule is CC(C)(C)OC(=O)N1CCC(CN2Cc3cc(F)ccc3C2=O)CC1. The van der Waals surface area contributed by atoms with Gasteiger partial charge >= 0.3 is 6.09 Å². The highest BCUT2D eigenvalue weighted by atomic mass is 19.1. The van der Waals surface area contributed by atoms with E-state index in [9.17, 15) is 14.0 Å². The van der Waals surface area contributed by atoms with Crippen LogP contribution in [0.2, 0.25) is 0 Å². The third-order valence-corrected chi connectivity index (χ3v) is 4.69. The average molecular weight is 348 g/mol. The molecule has 6 heteroatoms. The largest absolute Gasteiger partial charge is 0.444 e. The number of nitrogens with zero attached hydrogens (tertiary/aromatic N) is 2. The molecule has 2 amide bonds. The molecule has 0 N–H and O–H groups in total. The summed E-state index contributed by atoms with van der Waals surface area (Å²) in [6.07, 6.45) is 1.41. The number of hydrogen-bond acceptors (Lipinski definition) is 3. The van der Waals surface area contributed by atoms with Crippen molar-refractivity contribution in [2.24, 2.45) is 5.92 Å². The standard InChI is InChI=1S/C19H25FN2O3/c1-19(2,3)25-18(24)21-8-6-13(7-9-21)11-22-12-14-10-15(20)4-5-16(14)17(22)23/h4-5,10,13H,6-9,11-12H2,1-3H3.